The lowest BCUT2D eigenvalue weighted by molar-refractivity contribution is 1.09. The first-order valence-electron chi connectivity index (χ1n) is 2.35. The van der Waals surface area contributed by atoms with Crippen molar-refractivity contribution in [3.05, 3.63) is 18.0 Å². The first-order valence-corrected chi connectivity index (χ1v) is 2.35. The fourth-order valence-electron chi connectivity index (χ4n) is 0.464. The maximum absolute atomic E-state index is 3.71. The summed E-state index contributed by atoms with van der Waals surface area (Å²) in [6.07, 6.45) is 3.45. The Balaban J connectivity index is 2.88. The average Bonchev–Trinajstić information content (AvgIpc) is 2.19. The second kappa shape index (κ2) is 2.17. The Labute approximate surface area is 47.9 Å². The van der Waals surface area contributed by atoms with Gasteiger partial charge in [-0.2, -0.15) is 5.10 Å². The molecule has 0 spiro atoms. The number of H-pyrrole nitrogens is 1. The van der Waals surface area contributed by atoms with Crippen molar-refractivity contribution in [2.75, 3.05) is 0 Å². The molecule has 0 bridgehead atoms. The summed E-state index contributed by atoms with van der Waals surface area (Å²) in [4.78, 5) is 0. The van der Waals surface area contributed by atoms with Gasteiger partial charge in [0, 0.05) is 6.20 Å². The van der Waals surface area contributed by atoms with E-state index in [-0.39, 0.29) is 0 Å². The molecule has 40 valence electrons. The van der Waals surface area contributed by atoms with E-state index in [1.54, 1.807) is 19.3 Å². The smallest absolute Gasteiger partial charge is 0.0644 e. The molecule has 0 radical (unpaired) electrons. The molecule has 0 saturated heterocycles. The molecule has 0 unspecified atom stereocenters. The lowest BCUT2D eigenvalue weighted by Gasteiger charge is -1.67. The van der Waals surface area contributed by atoms with Crippen LogP contribution < -0.4 is 0 Å². The molecule has 2 nitrogen and oxygen atoms in total. The van der Waals surface area contributed by atoms with Crippen LogP contribution in [0.3, 0.4) is 0 Å². The topological polar surface area (TPSA) is 28.7 Å². The summed E-state index contributed by atoms with van der Waals surface area (Å²) in [6.45, 7) is 1.80. The van der Waals surface area contributed by atoms with Gasteiger partial charge in [0.25, 0.3) is 0 Å². The molecule has 0 saturated carbocycles. The van der Waals surface area contributed by atoms with Crippen molar-refractivity contribution < 1.29 is 0 Å². The normalized spacial score (nSPS) is 7.62. The van der Waals surface area contributed by atoms with E-state index in [4.69, 9.17) is 0 Å². The highest BCUT2D eigenvalue weighted by Gasteiger charge is 1.80. The zero-order chi connectivity index (χ0) is 5.82. The van der Waals surface area contributed by atoms with E-state index in [1.807, 2.05) is 0 Å². The SMILES string of the molecule is CC#Cc1cn[nH]c1. The quantitative estimate of drug-likeness (QED) is 0.486. The summed E-state index contributed by atoms with van der Waals surface area (Å²) in [5.41, 5.74) is 0.938. The summed E-state index contributed by atoms with van der Waals surface area (Å²) in [6, 6.07) is 0. The monoisotopic (exact) mass is 106 g/mol. The van der Waals surface area contributed by atoms with Gasteiger partial charge in [-0.3, -0.25) is 5.10 Å². The van der Waals surface area contributed by atoms with Crippen LogP contribution in [0.5, 0.6) is 0 Å². The molecule has 0 amide bonds. The van der Waals surface area contributed by atoms with Gasteiger partial charge in [0.15, 0.2) is 0 Å². The van der Waals surface area contributed by atoms with Gasteiger partial charge in [0.05, 0.1) is 11.8 Å². The molecule has 0 aliphatic rings. The van der Waals surface area contributed by atoms with Gasteiger partial charge >= 0.3 is 0 Å². The van der Waals surface area contributed by atoms with Gasteiger partial charge in [0.2, 0.25) is 0 Å². The number of hydrogen-bond acceptors (Lipinski definition) is 1. The molecule has 8 heavy (non-hydrogen) atoms. The highest BCUT2D eigenvalue weighted by atomic mass is 15.1. The third-order valence-corrected chi connectivity index (χ3v) is 0.768. The van der Waals surface area contributed by atoms with E-state index in [0.29, 0.717) is 0 Å². The molecule has 0 aliphatic heterocycles. The minimum atomic E-state index is 0.938. The van der Waals surface area contributed by atoms with Crippen molar-refractivity contribution in [2.45, 2.75) is 6.92 Å². The molecule has 1 aromatic rings. The van der Waals surface area contributed by atoms with E-state index >= 15 is 0 Å². The van der Waals surface area contributed by atoms with Crippen LogP contribution in [0.15, 0.2) is 12.4 Å². The molecule has 0 aliphatic carbocycles. The van der Waals surface area contributed by atoms with E-state index in [2.05, 4.69) is 22.0 Å². The Hall–Kier alpha value is -1.23. The Kier molecular flexibility index (Phi) is 1.34. The summed E-state index contributed by atoms with van der Waals surface area (Å²) >= 11 is 0. The third kappa shape index (κ3) is 0.881. The Morgan fingerprint density at radius 1 is 1.75 bits per heavy atom. The molecule has 1 heterocycles. The van der Waals surface area contributed by atoms with Crippen LogP contribution in [0, 0.1) is 11.8 Å². The van der Waals surface area contributed by atoms with Gasteiger partial charge in [-0.1, -0.05) is 5.92 Å². The van der Waals surface area contributed by atoms with Gasteiger partial charge in [-0.25, -0.2) is 0 Å². The van der Waals surface area contributed by atoms with Crippen molar-refractivity contribution in [3.8, 4) is 11.8 Å². The van der Waals surface area contributed by atoms with Crippen LogP contribution >= 0.6 is 0 Å². The Morgan fingerprint density at radius 3 is 3.12 bits per heavy atom. The van der Waals surface area contributed by atoms with Crippen LogP contribution in [-0.2, 0) is 0 Å². The second-order valence-corrected chi connectivity index (χ2v) is 1.36. The van der Waals surface area contributed by atoms with Crippen molar-refractivity contribution >= 4 is 0 Å². The molecule has 1 aromatic heterocycles. The van der Waals surface area contributed by atoms with E-state index in [9.17, 15) is 0 Å². The largest absolute Gasteiger partial charge is 0.284 e. The maximum Gasteiger partial charge on any atom is 0.0644 e. The summed E-state index contributed by atoms with van der Waals surface area (Å²) in [7, 11) is 0. The van der Waals surface area contributed by atoms with Crippen LogP contribution in [0.4, 0.5) is 0 Å². The number of nitrogens with zero attached hydrogens (tertiary/aromatic N) is 1. The molecular weight excluding hydrogens is 100 g/mol. The van der Waals surface area contributed by atoms with Crippen LogP contribution in [0.1, 0.15) is 12.5 Å². The molecule has 0 atom stereocenters. The fourth-order valence-corrected chi connectivity index (χ4v) is 0.464. The van der Waals surface area contributed by atoms with Crippen LogP contribution in [0.2, 0.25) is 0 Å². The fraction of sp³-hybridized carbons (Fsp3) is 0.167. The van der Waals surface area contributed by atoms with Crippen LogP contribution in [-0.4, -0.2) is 10.2 Å². The van der Waals surface area contributed by atoms with Crippen molar-refractivity contribution in [1.82, 2.24) is 10.2 Å². The second-order valence-electron chi connectivity index (χ2n) is 1.36. The minimum Gasteiger partial charge on any atom is -0.284 e. The first kappa shape index (κ1) is 4.92. The molecule has 1 rings (SSSR count). The van der Waals surface area contributed by atoms with Crippen molar-refractivity contribution in [3.63, 3.8) is 0 Å². The molecule has 1 N–H and O–H groups in total. The zero-order valence-electron chi connectivity index (χ0n) is 4.60. The lowest BCUT2D eigenvalue weighted by atomic mass is 10.4. The van der Waals surface area contributed by atoms with Crippen molar-refractivity contribution in [1.29, 1.82) is 0 Å². The summed E-state index contributed by atoms with van der Waals surface area (Å²) in [5, 5.41) is 6.38. The summed E-state index contributed by atoms with van der Waals surface area (Å²) < 4.78 is 0. The number of aromatic nitrogens is 2. The highest BCUT2D eigenvalue weighted by Crippen LogP contribution is 1.86. The number of rotatable bonds is 0. The Bertz CT molecular complexity index is 200. The van der Waals surface area contributed by atoms with Gasteiger partial charge in [0.1, 0.15) is 0 Å². The standard InChI is InChI=1S/C6H6N2/c1-2-3-6-4-7-8-5-6/h4-5H,1H3,(H,7,8). The summed E-state index contributed by atoms with van der Waals surface area (Å²) in [5.74, 6) is 5.60. The van der Waals surface area contributed by atoms with E-state index in [1.165, 1.54) is 0 Å². The maximum atomic E-state index is 3.71. The molecular formula is C6H6N2. The van der Waals surface area contributed by atoms with E-state index < -0.39 is 0 Å². The van der Waals surface area contributed by atoms with Gasteiger partial charge in [-0.05, 0) is 6.92 Å². The Morgan fingerprint density at radius 2 is 2.62 bits per heavy atom. The molecule has 2 heteroatoms. The predicted octanol–water partition coefficient (Wildman–Crippen LogP) is 0.781. The van der Waals surface area contributed by atoms with Gasteiger partial charge < -0.3 is 0 Å². The first-order chi connectivity index (χ1) is 3.93. The van der Waals surface area contributed by atoms with E-state index in [0.717, 1.165) is 5.56 Å². The number of aromatic amines is 1. The van der Waals surface area contributed by atoms with Crippen molar-refractivity contribution in [2.24, 2.45) is 0 Å². The molecule has 0 aromatic carbocycles. The van der Waals surface area contributed by atoms with Gasteiger partial charge in [-0.15, -0.1) is 5.92 Å². The minimum absolute atomic E-state index is 0.938. The lowest BCUT2D eigenvalue weighted by Crippen LogP contribution is -1.59. The predicted molar refractivity (Wildman–Crippen MR) is 31.1 cm³/mol. The van der Waals surface area contributed by atoms with Crippen LogP contribution in [0.25, 0.3) is 0 Å². The number of nitrogens with one attached hydrogen (secondary N) is 1. The number of hydrogen-bond donors (Lipinski definition) is 1. The molecule has 0 fully saturated rings. The third-order valence-electron chi connectivity index (χ3n) is 0.768. The average molecular weight is 106 g/mol. The zero-order valence-corrected chi connectivity index (χ0v) is 4.60. The highest BCUT2D eigenvalue weighted by molar-refractivity contribution is 5.28.